The van der Waals surface area contributed by atoms with Crippen LogP contribution in [0.3, 0.4) is 0 Å². The molecular formula is C18H23N3O3. The maximum absolute atomic E-state index is 12.6. The average Bonchev–Trinajstić information content (AvgIpc) is 2.86. The van der Waals surface area contributed by atoms with E-state index in [0.29, 0.717) is 12.3 Å². The highest BCUT2D eigenvalue weighted by atomic mass is 16.5. The number of rotatable bonds is 6. The van der Waals surface area contributed by atoms with Crippen LogP contribution in [0.15, 0.2) is 34.9 Å². The number of nitrogens with zero attached hydrogens (tertiary/aromatic N) is 2. The number of carbonyl (C=O) groups excluding carboxylic acids is 2. The van der Waals surface area contributed by atoms with E-state index in [-0.39, 0.29) is 24.3 Å². The van der Waals surface area contributed by atoms with Crippen molar-refractivity contribution in [3.05, 3.63) is 52.9 Å². The van der Waals surface area contributed by atoms with Crippen molar-refractivity contribution in [2.75, 3.05) is 7.05 Å². The summed E-state index contributed by atoms with van der Waals surface area (Å²) in [6, 6.07) is 9.15. The maximum Gasteiger partial charge on any atom is 0.225 e. The Morgan fingerprint density at radius 1 is 1.25 bits per heavy atom. The summed E-state index contributed by atoms with van der Waals surface area (Å²) in [5.74, 6) is 0.497. The molecule has 1 aromatic heterocycles. The standard InChI is InChI=1S/C18H23N3O3/c1-12-16(13(2)24-20-12)11-21(4)18(23)10-17(19-14(3)22)15-8-6-5-7-9-15/h5-9,17H,10-11H2,1-4H3,(H,19,22)/t17-/m0/s1. The highest BCUT2D eigenvalue weighted by Crippen LogP contribution is 2.19. The number of amides is 2. The molecule has 0 aliphatic rings. The first-order valence-electron chi connectivity index (χ1n) is 7.86. The van der Waals surface area contributed by atoms with E-state index < -0.39 is 0 Å². The Balaban J connectivity index is 2.08. The van der Waals surface area contributed by atoms with Crippen LogP contribution in [0.25, 0.3) is 0 Å². The Hall–Kier alpha value is -2.63. The zero-order valence-corrected chi connectivity index (χ0v) is 14.5. The van der Waals surface area contributed by atoms with Gasteiger partial charge in [0.25, 0.3) is 0 Å². The molecule has 2 rings (SSSR count). The van der Waals surface area contributed by atoms with Crippen molar-refractivity contribution in [1.29, 1.82) is 0 Å². The smallest absolute Gasteiger partial charge is 0.225 e. The molecule has 0 aliphatic heterocycles. The lowest BCUT2D eigenvalue weighted by molar-refractivity contribution is -0.131. The van der Waals surface area contributed by atoms with Crippen molar-refractivity contribution in [3.8, 4) is 0 Å². The van der Waals surface area contributed by atoms with E-state index in [1.165, 1.54) is 6.92 Å². The monoisotopic (exact) mass is 329 g/mol. The van der Waals surface area contributed by atoms with E-state index in [9.17, 15) is 9.59 Å². The van der Waals surface area contributed by atoms with Gasteiger partial charge in [-0.05, 0) is 19.4 Å². The molecular weight excluding hydrogens is 306 g/mol. The van der Waals surface area contributed by atoms with E-state index >= 15 is 0 Å². The second-order valence-electron chi connectivity index (χ2n) is 5.92. The predicted molar refractivity (Wildman–Crippen MR) is 90.1 cm³/mol. The van der Waals surface area contributed by atoms with E-state index in [2.05, 4.69) is 10.5 Å². The van der Waals surface area contributed by atoms with Gasteiger partial charge in [-0.2, -0.15) is 0 Å². The molecule has 0 saturated carbocycles. The van der Waals surface area contributed by atoms with Crippen LogP contribution in [0.5, 0.6) is 0 Å². The van der Waals surface area contributed by atoms with Crippen LogP contribution >= 0.6 is 0 Å². The molecule has 1 N–H and O–H groups in total. The van der Waals surface area contributed by atoms with Crippen molar-refractivity contribution in [3.63, 3.8) is 0 Å². The number of aromatic nitrogens is 1. The van der Waals surface area contributed by atoms with E-state index in [1.807, 2.05) is 44.2 Å². The van der Waals surface area contributed by atoms with Gasteiger partial charge in [-0.15, -0.1) is 0 Å². The normalized spacial score (nSPS) is 11.8. The number of aryl methyl sites for hydroxylation is 2. The van der Waals surface area contributed by atoms with Crippen molar-refractivity contribution in [2.45, 2.75) is 39.8 Å². The van der Waals surface area contributed by atoms with Crippen molar-refractivity contribution in [2.24, 2.45) is 0 Å². The fourth-order valence-electron chi connectivity index (χ4n) is 2.57. The molecule has 6 heteroatoms. The first-order valence-corrected chi connectivity index (χ1v) is 7.86. The number of benzene rings is 1. The molecule has 0 bridgehead atoms. The van der Waals surface area contributed by atoms with E-state index in [0.717, 1.165) is 16.8 Å². The molecule has 0 spiro atoms. The van der Waals surface area contributed by atoms with Crippen LogP contribution in [-0.4, -0.2) is 28.9 Å². The molecule has 128 valence electrons. The molecule has 24 heavy (non-hydrogen) atoms. The second kappa shape index (κ2) is 7.77. The Bertz CT molecular complexity index is 690. The summed E-state index contributed by atoms with van der Waals surface area (Å²) in [6.45, 7) is 5.57. The summed E-state index contributed by atoms with van der Waals surface area (Å²) in [5.41, 5.74) is 2.61. The van der Waals surface area contributed by atoms with E-state index in [4.69, 9.17) is 4.52 Å². The molecule has 0 fully saturated rings. The second-order valence-corrected chi connectivity index (χ2v) is 5.92. The van der Waals surface area contributed by atoms with Gasteiger partial charge in [0.05, 0.1) is 24.7 Å². The zero-order valence-electron chi connectivity index (χ0n) is 14.5. The van der Waals surface area contributed by atoms with Gasteiger partial charge in [0.1, 0.15) is 5.76 Å². The third kappa shape index (κ3) is 4.44. The van der Waals surface area contributed by atoms with Gasteiger partial charge in [0.2, 0.25) is 11.8 Å². The summed E-state index contributed by atoms with van der Waals surface area (Å²) in [5, 5.41) is 6.75. The average molecular weight is 329 g/mol. The maximum atomic E-state index is 12.6. The Morgan fingerprint density at radius 3 is 2.46 bits per heavy atom. The van der Waals surface area contributed by atoms with Crippen LogP contribution in [0.4, 0.5) is 0 Å². The van der Waals surface area contributed by atoms with Gasteiger partial charge in [-0.25, -0.2) is 0 Å². The molecule has 1 atom stereocenters. The molecule has 0 saturated heterocycles. The van der Waals surface area contributed by atoms with Crippen molar-refractivity contribution >= 4 is 11.8 Å². The lowest BCUT2D eigenvalue weighted by atomic mass is 10.0. The molecule has 6 nitrogen and oxygen atoms in total. The van der Waals surface area contributed by atoms with Crippen LogP contribution in [0.2, 0.25) is 0 Å². The lowest BCUT2D eigenvalue weighted by Crippen LogP contribution is -2.33. The summed E-state index contributed by atoms with van der Waals surface area (Å²) in [4.78, 5) is 25.7. The fraction of sp³-hybridized carbons (Fsp3) is 0.389. The number of carbonyl (C=O) groups is 2. The molecule has 2 amide bonds. The molecule has 1 aromatic carbocycles. The minimum atomic E-state index is -0.344. The minimum absolute atomic E-state index is 0.0578. The summed E-state index contributed by atoms with van der Waals surface area (Å²) < 4.78 is 5.13. The quantitative estimate of drug-likeness (QED) is 0.883. The third-order valence-corrected chi connectivity index (χ3v) is 3.96. The van der Waals surface area contributed by atoms with Crippen LogP contribution < -0.4 is 5.32 Å². The minimum Gasteiger partial charge on any atom is -0.361 e. The van der Waals surface area contributed by atoms with Crippen LogP contribution in [0, 0.1) is 13.8 Å². The first kappa shape index (κ1) is 17.7. The number of nitrogens with one attached hydrogen (secondary N) is 1. The van der Waals surface area contributed by atoms with Gasteiger partial charge >= 0.3 is 0 Å². The van der Waals surface area contributed by atoms with Gasteiger partial charge in [-0.3, -0.25) is 9.59 Å². The molecule has 2 aromatic rings. The molecule has 0 unspecified atom stereocenters. The number of hydrogen-bond acceptors (Lipinski definition) is 4. The SMILES string of the molecule is CC(=O)N[C@@H](CC(=O)N(C)Cc1c(C)noc1C)c1ccccc1. The fourth-order valence-corrected chi connectivity index (χ4v) is 2.57. The number of hydrogen-bond donors (Lipinski definition) is 1. The Morgan fingerprint density at radius 2 is 1.92 bits per heavy atom. The van der Waals surface area contributed by atoms with Crippen molar-refractivity contribution < 1.29 is 14.1 Å². The lowest BCUT2D eigenvalue weighted by Gasteiger charge is -2.22. The van der Waals surface area contributed by atoms with Gasteiger partial charge in [-0.1, -0.05) is 35.5 Å². The zero-order chi connectivity index (χ0) is 17.7. The van der Waals surface area contributed by atoms with E-state index in [1.54, 1.807) is 11.9 Å². The molecule has 1 heterocycles. The summed E-state index contributed by atoms with van der Waals surface area (Å²) in [6.07, 6.45) is 0.198. The van der Waals surface area contributed by atoms with Gasteiger partial charge in [0.15, 0.2) is 0 Å². The first-order chi connectivity index (χ1) is 11.4. The molecule has 0 aliphatic carbocycles. The summed E-state index contributed by atoms with van der Waals surface area (Å²) in [7, 11) is 1.74. The van der Waals surface area contributed by atoms with Gasteiger partial charge in [0, 0.05) is 19.5 Å². The Kier molecular flexibility index (Phi) is 5.73. The van der Waals surface area contributed by atoms with Crippen molar-refractivity contribution in [1.82, 2.24) is 15.4 Å². The molecule has 0 radical (unpaired) electrons. The van der Waals surface area contributed by atoms with Crippen LogP contribution in [0.1, 0.15) is 42.0 Å². The summed E-state index contributed by atoms with van der Waals surface area (Å²) >= 11 is 0. The van der Waals surface area contributed by atoms with Crippen LogP contribution in [-0.2, 0) is 16.1 Å². The highest BCUT2D eigenvalue weighted by molar-refractivity contribution is 5.79. The highest BCUT2D eigenvalue weighted by Gasteiger charge is 2.21. The predicted octanol–water partition coefficient (Wildman–Crippen LogP) is 2.52. The Labute approximate surface area is 141 Å². The largest absolute Gasteiger partial charge is 0.361 e. The third-order valence-electron chi connectivity index (χ3n) is 3.96. The van der Waals surface area contributed by atoms with Gasteiger partial charge < -0.3 is 14.7 Å². The topological polar surface area (TPSA) is 75.4 Å².